The first-order valence-corrected chi connectivity index (χ1v) is 5.79. The highest BCUT2D eigenvalue weighted by molar-refractivity contribution is 7.90. The molecule has 0 radical (unpaired) electrons. The van der Waals surface area contributed by atoms with E-state index in [0.29, 0.717) is 0 Å². The molecule has 1 aromatic heterocycles. The fourth-order valence-electron chi connectivity index (χ4n) is 0.919. The summed E-state index contributed by atoms with van der Waals surface area (Å²) in [5.74, 6) is -1.22. The van der Waals surface area contributed by atoms with Crippen molar-refractivity contribution in [1.29, 1.82) is 0 Å². The van der Waals surface area contributed by atoms with Gasteiger partial charge in [-0.15, -0.1) is 11.3 Å². The van der Waals surface area contributed by atoms with Crippen LogP contribution in [0.4, 0.5) is 0 Å². The minimum absolute atomic E-state index is 0.112. The van der Waals surface area contributed by atoms with Crippen molar-refractivity contribution in [2.75, 3.05) is 0 Å². The quantitative estimate of drug-likeness (QED) is 0.496. The molecule has 7 nitrogen and oxygen atoms in total. The van der Waals surface area contributed by atoms with Crippen molar-refractivity contribution in [2.24, 2.45) is 4.52 Å². The van der Waals surface area contributed by atoms with Crippen LogP contribution in [0.5, 0.6) is 0 Å². The van der Waals surface area contributed by atoms with Crippen LogP contribution in [0.3, 0.4) is 0 Å². The van der Waals surface area contributed by atoms with E-state index in [2.05, 4.69) is 9.43 Å². The van der Waals surface area contributed by atoms with E-state index in [0.717, 1.165) is 17.4 Å². The number of carbonyl (C=O) groups is 1. The van der Waals surface area contributed by atoms with Gasteiger partial charge in [0.2, 0.25) is 0 Å². The van der Waals surface area contributed by atoms with Crippen LogP contribution in [0.15, 0.2) is 15.5 Å². The number of carboxylic acids is 1. The van der Waals surface area contributed by atoms with Gasteiger partial charge in [0.15, 0.2) is 0 Å². The van der Waals surface area contributed by atoms with Gasteiger partial charge in [0, 0.05) is 14.3 Å². The van der Waals surface area contributed by atoms with E-state index in [9.17, 15) is 13.2 Å². The topological polar surface area (TPSA) is 120 Å². The lowest BCUT2D eigenvalue weighted by Crippen LogP contribution is -1.95. The summed E-state index contributed by atoms with van der Waals surface area (Å²) in [7, 11) is -4.10. The SMILES string of the molecule is Cc1sc(C(=O)O)cc1S(=O)(=O)N=[N+]=[N-]. The Morgan fingerprint density at radius 3 is 2.67 bits per heavy atom. The highest BCUT2D eigenvalue weighted by Crippen LogP contribution is 2.27. The maximum absolute atomic E-state index is 11.3. The average Bonchev–Trinajstić information content (AvgIpc) is 2.47. The summed E-state index contributed by atoms with van der Waals surface area (Å²) < 4.78 is 25.2. The van der Waals surface area contributed by atoms with Gasteiger partial charge in [-0.2, -0.15) is 0 Å². The maximum atomic E-state index is 11.3. The van der Waals surface area contributed by atoms with Gasteiger partial charge in [-0.3, -0.25) is 0 Å². The normalized spacial score (nSPS) is 10.7. The van der Waals surface area contributed by atoms with Gasteiger partial charge in [-0.05, 0) is 18.5 Å². The van der Waals surface area contributed by atoms with Crippen molar-refractivity contribution < 1.29 is 18.3 Å². The van der Waals surface area contributed by atoms with Crippen molar-refractivity contribution in [3.8, 4) is 0 Å². The molecule has 0 saturated carbocycles. The van der Waals surface area contributed by atoms with Crippen LogP contribution < -0.4 is 0 Å². The van der Waals surface area contributed by atoms with Gasteiger partial charge >= 0.3 is 5.97 Å². The van der Waals surface area contributed by atoms with E-state index in [1.54, 1.807) is 0 Å². The summed E-state index contributed by atoms with van der Waals surface area (Å²) in [5.41, 5.74) is 8.04. The number of carboxylic acid groups (broad SMARTS) is 1. The van der Waals surface area contributed by atoms with E-state index < -0.39 is 16.0 Å². The standard InChI is InChI=1S/C6H5N3O4S2/c1-3-5(15(12,13)9-8-7)2-4(14-3)6(10)11/h2H,1H3,(H,10,11). The molecule has 1 aromatic rings. The number of hydrogen-bond donors (Lipinski definition) is 1. The predicted molar refractivity (Wildman–Crippen MR) is 52.3 cm³/mol. The number of nitrogens with zero attached hydrogens (tertiary/aromatic N) is 3. The lowest BCUT2D eigenvalue weighted by atomic mass is 10.4. The number of azide groups is 1. The largest absolute Gasteiger partial charge is 0.477 e. The molecule has 0 saturated heterocycles. The van der Waals surface area contributed by atoms with E-state index in [1.165, 1.54) is 6.92 Å². The Kier molecular flexibility index (Phi) is 2.98. The predicted octanol–water partition coefficient (Wildman–Crippen LogP) is 1.75. The summed E-state index contributed by atoms with van der Waals surface area (Å²) in [6.07, 6.45) is 0. The number of sulfonamides is 1. The van der Waals surface area contributed by atoms with Gasteiger partial charge in [0.25, 0.3) is 10.0 Å². The molecule has 0 aliphatic rings. The summed E-state index contributed by atoms with van der Waals surface area (Å²) in [5, 5.41) is 8.63. The van der Waals surface area contributed by atoms with Crippen LogP contribution in [0.1, 0.15) is 14.5 Å². The molecule has 15 heavy (non-hydrogen) atoms. The van der Waals surface area contributed by atoms with Gasteiger partial charge in [0.05, 0.1) is 4.90 Å². The van der Waals surface area contributed by atoms with Crippen LogP contribution in [0, 0.1) is 6.92 Å². The number of hydrogen-bond acceptors (Lipinski definition) is 4. The molecule has 0 unspecified atom stereocenters. The molecule has 0 aromatic carbocycles. The second-order valence-electron chi connectivity index (χ2n) is 2.48. The zero-order valence-electron chi connectivity index (χ0n) is 7.41. The zero-order chi connectivity index (χ0) is 11.6. The van der Waals surface area contributed by atoms with Crippen molar-refractivity contribution >= 4 is 27.3 Å². The number of aryl methyl sites for hydroxylation is 1. The van der Waals surface area contributed by atoms with Crippen LogP contribution in [0.2, 0.25) is 0 Å². The maximum Gasteiger partial charge on any atom is 0.345 e. The third-order valence-electron chi connectivity index (χ3n) is 1.50. The fourth-order valence-corrected chi connectivity index (χ4v) is 3.00. The number of thiophene rings is 1. The van der Waals surface area contributed by atoms with Crippen molar-refractivity contribution in [3.05, 3.63) is 26.3 Å². The Balaban J connectivity index is 3.40. The van der Waals surface area contributed by atoms with E-state index in [-0.39, 0.29) is 14.6 Å². The Hall–Kier alpha value is -1.57. The van der Waals surface area contributed by atoms with Crippen LogP contribution >= 0.6 is 11.3 Å². The highest BCUT2D eigenvalue weighted by Gasteiger charge is 2.20. The minimum atomic E-state index is -4.10. The first kappa shape index (κ1) is 11.5. The molecule has 1 N–H and O–H groups in total. The van der Waals surface area contributed by atoms with Gasteiger partial charge < -0.3 is 5.11 Å². The first-order valence-electron chi connectivity index (χ1n) is 3.53. The van der Waals surface area contributed by atoms with Crippen LogP contribution in [0.25, 0.3) is 10.4 Å². The molecule has 0 aliphatic carbocycles. The number of aromatic carboxylic acids is 1. The molecule has 1 rings (SSSR count). The monoisotopic (exact) mass is 247 g/mol. The Morgan fingerprint density at radius 1 is 1.67 bits per heavy atom. The molecular formula is C6H5N3O4S2. The summed E-state index contributed by atoms with van der Waals surface area (Å²) >= 11 is 0.813. The average molecular weight is 247 g/mol. The summed E-state index contributed by atoms with van der Waals surface area (Å²) in [6, 6.07) is 0.979. The number of rotatable bonds is 3. The van der Waals surface area contributed by atoms with Gasteiger partial charge in [-0.25, -0.2) is 13.2 Å². The highest BCUT2D eigenvalue weighted by atomic mass is 32.2. The summed E-state index contributed by atoms with van der Waals surface area (Å²) in [6.45, 7) is 1.44. The molecular weight excluding hydrogens is 242 g/mol. The Bertz CT molecular complexity index is 553. The molecule has 0 amide bonds. The fraction of sp³-hybridized carbons (Fsp3) is 0.167. The Labute approximate surface area is 88.7 Å². The lowest BCUT2D eigenvalue weighted by molar-refractivity contribution is 0.0702. The lowest BCUT2D eigenvalue weighted by Gasteiger charge is -1.92. The third-order valence-corrected chi connectivity index (χ3v) is 3.94. The molecule has 0 spiro atoms. The molecule has 0 fully saturated rings. The van der Waals surface area contributed by atoms with Crippen molar-refractivity contribution in [3.63, 3.8) is 0 Å². The molecule has 0 atom stereocenters. The third kappa shape index (κ3) is 2.27. The van der Waals surface area contributed by atoms with Crippen LogP contribution in [-0.4, -0.2) is 19.5 Å². The molecule has 1 heterocycles. The summed E-state index contributed by atoms with van der Waals surface area (Å²) in [4.78, 5) is 12.6. The first-order chi connectivity index (χ1) is 6.88. The van der Waals surface area contributed by atoms with Crippen LogP contribution in [-0.2, 0) is 10.0 Å². The van der Waals surface area contributed by atoms with Gasteiger partial charge in [-0.1, -0.05) is 0 Å². The Morgan fingerprint density at radius 2 is 2.27 bits per heavy atom. The van der Waals surface area contributed by atoms with Crippen molar-refractivity contribution in [2.45, 2.75) is 11.8 Å². The van der Waals surface area contributed by atoms with E-state index >= 15 is 0 Å². The van der Waals surface area contributed by atoms with Crippen molar-refractivity contribution in [1.82, 2.24) is 0 Å². The van der Waals surface area contributed by atoms with Gasteiger partial charge in [0.1, 0.15) is 4.88 Å². The molecule has 9 heteroatoms. The second kappa shape index (κ2) is 3.89. The molecule has 80 valence electrons. The molecule has 0 aliphatic heterocycles. The van der Waals surface area contributed by atoms with E-state index in [1.807, 2.05) is 0 Å². The second-order valence-corrected chi connectivity index (χ2v) is 5.29. The smallest absolute Gasteiger partial charge is 0.345 e. The minimum Gasteiger partial charge on any atom is -0.477 e. The molecule has 0 bridgehead atoms. The van der Waals surface area contributed by atoms with E-state index in [4.69, 9.17) is 10.6 Å². The zero-order valence-corrected chi connectivity index (χ0v) is 9.04.